The highest BCUT2D eigenvalue weighted by Crippen LogP contribution is 2.50. The van der Waals surface area contributed by atoms with Crippen molar-refractivity contribution in [3.05, 3.63) is 11.6 Å². The number of aliphatic hydroxyl groups excluding tert-OH is 1. The van der Waals surface area contributed by atoms with Crippen LogP contribution in [-0.4, -0.2) is 29.7 Å². The number of rotatable bonds is 1. The number of hydrogen-bond acceptors (Lipinski definition) is 1. The summed E-state index contributed by atoms with van der Waals surface area (Å²) >= 11 is 0. The highest BCUT2D eigenvalue weighted by Gasteiger charge is 2.52. The summed E-state index contributed by atoms with van der Waals surface area (Å²) in [5, 5.41) is 9.54. The molecule has 0 bridgehead atoms. The van der Waals surface area contributed by atoms with Gasteiger partial charge in [-0.3, -0.25) is 0 Å². The molecule has 0 aromatic heterocycles. The van der Waals surface area contributed by atoms with Crippen LogP contribution in [0.1, 0.15) is 45.4 Å². The zero-order chi connectivity index (χ0) is 15.1. The normalized spacial score (nSPS) is 51.2. The third-order valence-corrected chi connectivity index (χ3v) is 5.93. The summed E-state index contributed by atoms with van der Waals surface area (Å²) in [5.41, 5.74) is 1.02. The molecule has 0 saturated heterocycles. The van der Waals surface area contributed by atoms with E-state index < -0.39 is 24.4 Å². The maximum Gasteiger partial charge on any atom is 0.137 e. The van der Waals surface area contributed by atoms with Crippen LogP contribution >= 0.6 is 0 Å². The van der Waals surface area contributed by atoms with Gasteiger partial charge in [0.25, 0.3) is 0 Å². The molecule has 21 heavy (non-hydrogen) atoms. The molecule has 4 heteroatoms. The van der Waals surface area contributed by atoms with Crippen LogP contribution in [0.5, 0.6) is 0 Å². The average Bonchev–Trinajstić information content (AvgIpc) is 2.46. The van der Waals surface area contributed by atoms with Crippen molar-refractivity contribution in [1.82, 2.24) is 0 Å². The van der Waals surface area contributed by atoms with Crippen molar-refractivity contribution < 1.29 is 18.3 Å². The number of aliphatic hydroxyl groups is 1. The van der Waals surface area contributed by atoms with E-state index in [2.05, 4.69) is 0 Å². The second-order valence-corrected chi connectivity index (χ2v) is 7.27. The largest absolute Gasteiger partial charge is 0.393 e. The molecule has 3 aliphatic carbocycles. The van der Waals surface area contributed by atoms with Crippen LogP contribution in [0.15, 0.2) is 11.6 Å². The lowest BCUT2D eigenvalue weighted by Crippen LogP contribution is -2.51. The molecule has 8 unspecified atom stereocenters. The van der Waals surface area contributed by atoms with Gasteiger partial charge >= 0.3 is 0 Å². The van der Waals surface area contributed by atoms with Gasteiger partial charge in [-0.15, -0.1) is 0 Å². The minimum absolute atomic E-state index is 0.0111. The fraction of sp³-hybridized carbons (Fsp3) is 0.882. The summed E-state index contributed by atoms with van der Waals surface area (Å²) in [5.74, 6) is -1.35. The molecule has 120 valence electrons. The Hall–Kier alpha value is -0.510. The topological polar surface area (TPSA) is 20.2 Å². The molecular formula is C17H25F3O. The third-order valence-electron chi connectivity index (χ3n) is 5.93. The Kier molecular flexibility index (Phi) is 4.35. The molecule has 1 N–H and O–H groups in total. The van der Waals surface area contributed by atoms with E-state index in [1.54, 1.807) is 6.92 Å². The highest BCUT2D eigenvalue weighted by molar-refractivity contribution is 5.16. The first-order chi connectivity index (χ1) is 9.99. The predicted octanol–water partition coefficient (Wildman–Crippen LogP) is 4.15. The van der Waals surface area contributed by atoms with Gasteiger partial charge in [-0.1, -0.05) is 18.6 Å². The van der Waals surface area contributed by atoms with E-state index in [1.165, 1.54) is 0 Å². The Labute approximate surface area is 124 Å². The van der Waals surface area contributed by atoms with Gasteiger partial charge in [0.05, 0.1) is 6.10 Å². The van der Waals surface area contributed by atoms with Crippen molar-refractivity contribution in [2.24, 2.45) is 23.7 Å². The van der Waals surface area contributed by atoms with E-state index in [4.69, 9.17) is 0 Å². The minimum atomic E-state index is -1.66. The standard InChI is InChI=1S/C17H25F3O/c1-9-8-11-4-7-13(10-2-5-12(21)6-3-10)16(19)14(11)17(20)15(9)18/h2,9,11-17,21H,3-8H2,1H3. The van der Waals surface area contributed by atoms with Gasteiger partial charge in [-0.05, 0) is 50.4 Å². The zero-order valence-corrected chi connectivity index (χ0v) is 12.5. The second-order valence-electron chi connectivity index (χ2n) is 7.27. The molecule has 0 spiro atoms. The SMILES string of the molecule is CC1CC2CCC(C3=CCC(O)CC3)C(F)C2C(F)C1F. The summed E-state index contributed by atoms with van der Waals surface area (Å²) in [6, 6.07) is 0. The predicted molar refractivity (Wildman–Crippen MR) is 76.1 cm³/mol. The summed E-state index contributed by atoms with van der Waals surface area (Å²) in [4.78, 5) is 0. The Bertz CT molecular complexity index is 409. The lowest BCUT2D eigenvalue weighted by Gasteiger charge is -2.47. The molecule has 0 heterocycles. The number of hydrogen-bond donors (Lipinski definition) is 1. The lowest BCUT2D eigenvalue weighted by atomic mass is 9.61. The van der Waals surface area contributed by atoms with Gasteiger partial charge in [0.1, 0.15) is 18.5 Å². The van der Waals surface area contributed by atoms with Crippen molar-refractivity contribution >= 4 is 0 Å². The first-order valence-electron chi connectivity index (χ1n) is 8.28. The van der Waals surface area contributed by atoms with E-state index in [0.29, 0.717) is 25.7 Å². The smallest absolute Gasteiger partial charge is 0.137 e. The van der Waals surface area contributed by atoms with Crippen molar-refractivity contribution in [1.29, 1.82) is 0 Å². The molecule has 1 nitrogen and oxygen atoms in total. The van der Waals surface area contributed by atoms with Crippen molar-refractivity contribution in [2.75, 3.05) is 0 Å². The molecular weight excluding hydrogens is 277 g/mol. The second kappa shape index (κ2) is 5.94. The monoisotopic (exact) mass is 302 g/mol. The zero-order valence-electron chi connectivity index (χ0n) is 12.5. The molecule has 0 amide bonds. The first-order valence-corrected chi connectivity index (χ1v) is 8.28. The van der Waals surface area contributed by atoms with Crippen molar-refractivity contribution in [2.45, 2.75) is 70.1 Å². The molecule has 0 radical (unpaired) electrons. The molecule has 2 fully saturated rings. The Morgan fingerprint density at radius 2 is 1.81 bits per heavy atom. The molecule has 0 aromatic rings. The molecule has 8 atom stereocenters. The molecule has 3 aliphatic rings. The molecule has 0 aliphatic heterocycles. The van der Waals surface area contributed by atoms with Crippen molar-refractivity contribution in [3.8, 4) is 0 Å². The Balaban J connectivity index is 1.76. The van der Waals surface area contributed by atoms with Crippen molar-refractivity contribution in [3.63, 3.8) is 0 Å². The van der Waals surface area contributed by atoms with Gasteiger partial charge in [0.2, 0.25) is 0 Å². The van der Waals surface area contributed by atoms with Crippen LogP contribution in [0.25, 0.3) is 0 Å². The van der Waals surface area contributed by atoms with Crippen LogP contribution < -0.4 is 0 Å². The minimum Gasteiger partial charge on any atom is -0.393 e. The number of alkyl halides is 3. The van der Waals surface area contributed by atoms with E-state index >= 15 is 0 Å². The van der Waals surface area contributed by atoms with Gasteiger partial charge in [0.15, 0.2) is 0 Å². The fourth-order valence-corrected chi connectivity index (χ4v) is 4.69. The third kappa shape index (κ3) is 2.76. The molecule has 0 aromatic carbocycles. The summed E-state index contributed by atoms with van der Waals surface area (Å²) < 4.78 is 43.2. The molecule has 3 rings (SSSR count). The van der Waals surface area contributed by atoms with Gasteiger partial charge in [-0.2, -0.15) is 0 Å². The van der Waals surface area contributed by atoms with Gasteiger partial charge in [0, 0.05) is 11.8 Å². The Morgan fingerprint density at radius 3 is 2.48 bits per heavy atom. The van der Waals surface area contributed by atoms with Crippen LogP contribution in [-0.2, 0) is 0 Å². The van der Waals surface area contributed by atoms with E-state index in [1.807, 2.05) is 6.08 Å². The van der Waals surface area contributed by atoms with E-state index in [-0.39, 0.29) is 23.9 Å². The van der Waals surface area contributed by atoms with Crippen LogP contribution in [0.3, 0.4) is 0 Å². The van der Waals surface area contributed by atoms with Crippen LogP contribution in [0, 0.1) is 23.7 Å². The lowest BCUT2D eigenvalue weighted by molar-refractivity contribution is -0.0739. The van der Waals surface area contributed by atoms with Crippen LogP contribution in [0.4, 0.5) is 13.2 Å². The first kappa shape index (κ1) is 15.4. The summed E-state index contributed by atoms with van der Waals surface area (Å²) in [6.07, 6.45) is 1.20. The quantitative estimate of drug-likeness (QED) is 0.721. The number of allylic oxidation sites excluding steroid dienone is 1. The average molecular weight is 302 g/mol. The van der Waals surface area contributed by atoms with Gasteiger partial charge in [-0.25, -0.2) is 13.2 Å². The maximum absolute atomic E-state index is 14.9. The Morgan fingerprint density at radius 1 is 1.05 bits per heavy atom. The van der Waals surface area contributed by atoms with E-state index in [0.717, 1.165) is 18.4 Å². The fourth-order valence-electron chi connectivity index (χ4n) is 4.69. The van der Waals surface area contributed by atoms with Gasteiger partial charge < -0.3 is 5.11 Å². The summed E-state index contributed by atoms with van der Waals surface area (Å²) in [7, 11) is 0. The molecule has 2 saturated carbocycles. The van der Waals surface area contributed by atoms with E-state index in [9.17, 15) is 18.3 Å². The number of fused-ring (bicyclic) bond motifs is 1. The maximum atomic E-state index is 14.9. The number of halogens is 3. The summed E-state index contributed by atoms with van der Waals surface area (Å²) in [6.45, 7) is 1.73. The van der Waals surface area contributed by atoms with Crippen LogP contribution in [0.2, 0.25) is 0 Å². The highest BCUT2D eigenvalue weighted by atomic mass is 19.2.